The SMILES string of the molecule is COc1ccc(CCNC(=O)CC(C)CC(=O)Nc2ccc(C(C)C)cc2)cc1OC. The Morgan fingerprint density at radius 2 is 1.52 bits per heavy atom. The molecule has 31 heavy (non-hydrogen) atoms. The standard InChI is InChI=1S/C25H34N2O4/c1-17(2)20-7-9-21(10-8-20)27-25(29)15-18(3)14-24(28)26-13-12-19-6-11-22(30-4)23(16-19)31-5/h6-11,16-18H,12-15H2,1-5H3,(H,26,28)(H,27,29). The Morgan fingerprint density at radius 3 is 2.13 bits per heavy atom. The molecule has 0 aromatic heterocycles. The molecule has 0 saturated carbocycles. The summed E-state index contributed by atoms with van der Waals surface area (Å²) in [5.74, 6) is 1.62. The van der Waals surface area contributed by atoms with Crippen LogP contribution in [0.15, 0.2) is 42.5 Å². The van der Waals surface area contributed by atoms with Gasteiger partial charge in [0.2, 0.25) is 11.8 Å². The van der Waals surface area contributed by atoms with Crippen LogP contribution in [0.2, 0.25) is 0 Å². The third-order valence-corrected chi connectivity index (χ3v) is 5.11. The Bertz CT molecular complexity index is 862. The number of rotatable bonds is 11. The van der Waals surface area contributed by atoms with E-state index in [0.717, 1.165) is 11.3 Å². The molecule has 0 heterocycles. The third kappa shape index (κ3) is 7.96. The predicted molar refractivity (Wildman–Crippen MR) is 124 cm³/mol. The van der Waals surface area contributed by atoms with E-state index in [2.05, 4.69) is 24.5 Å². The summed E-state index contributed by atoms with van der Waals surface area (Å²) < 4.78 is 10.5. The fraction of sp³-hybridized carbons (Fsp3) is 0.440. The summed E-state index contributed by atoms with van der Waals surface area (Å²) in [6.07, 6.45) is 1.30. The number of anilines is 1. The molecule has 0 saturated heterocycles. The Labute approximate surface area is 185 Å². The lowest BCUT2D eigenvalue weighted by Gasteiger charge is -2.13. The summed E-state index contributed by atoms with van der Waals surface area (Å²) in [5, 5.41) is 5.83. The summed E-state index contributed by atoms with van der Waals surface area (Å²) in [6, 6.07) is 13.6. The first-order valence-electron chi connectivity index (χ1n) is 10.7. The van der Waals surface area contributed by atoms with E-state index in [9.17, 15) is 9.59 Å². The number of hydrogen-bond acceptors (Lipinski definition) is 4. The molecular weight excluding hydrogens is 392 g/mol. The average molecular weight is 427 g/mol. The zero-order valence-electron chi connectivity index (χ0n) is 19.2. The molecular formula is C25H34N2O4. The van der Waals surface area contributed by atoms with E-state index < -0.39 is 0 Å². The zero-order valence-corrected chi connectivity index (χ0v) is 19.2. The van der Waals surface area contributed by atoms with Crippen molar-refractivity contribution in [2.24, 2.45) is 5.92 Å². The quantitative estimate of drug-likeness (QED) is 0.553. The monoisotopic (exact) mass is 426 g/mol. The van der Waals surface area contributed by atoms with Gasteiger partial charge in [-0.25, -0.2) is 0 Å². The van der Waals surface area contributed by atoms with Gasteiger partial charge in [0.05, 0.1) is 14.2 Å². The average Bonchev–Trinajstić information content (AvgIpc) is 2.73. The van der Waals surface area contributed by atoms with Crippen LogP contribution in [0.1, 0.15) is 50.7 Å². The van der Waals surface area contributed by atoms with Gasteiger partial charge in [-0.15, -0.1) is 0 Å². The minimum atomic E-state index is -0.0806. The first-order chi connectivity index (χ1) is 14.8. The van der Waals surface area contributed by atoms with E-state index in [0.29, 0.717) is 43.2 Å². The van der Waals surface area contributed by atoms with Gasteiger partial charge in [0.25, 0.3) is 0 Å². The van der Waals surface area contributed by atoms with Gasteiger partial charge in [-0.2, -0.15) is 0 Å². The van der Waals surface area contributed by atoms with E-state index >= 15 is 0 Å². The van der Waals surface area contributed by atoms with Crippen LogP contribution in [0.25, 0.3) is 0 Å². The highest BCUT2D eigenvalue weighted by molar-refractivity contribution is 5.91. The van der Waals surface area contributed by atoms with E-state index in [1.807, 2.05) is 49.4 Å². The van der Waals surface area contributed by atoms with Crippen LogP contribution in [0, 0.1) is 5.92 Å². The maximum atomic E-state index is 12.3. The number of carbonyl (C=O) groups excluding carboxylic acids is 2. The number of ether oxygens (including phenoxy) is 2. The summed E-state index contributed by atoms with van der Waals surface area (Å²) in [4.78, 5) is 24.5. The zero-order chi connectivity index (χ0) is 22.8. The van der Waals surface area contributed by atoms with Crippen LogP contribution in [-0.2, 0) is 16.0 Å². The molecule has 2 aromatic rings. The van der Waals surface area contributed by atoms with Gasteiger partial charge in [-0.3, -0.25) is 9.59 Å². The molecule has 1 atom stereocenters. The van der Waals surface area contributed by atoms with Gasteiger partial charge >= 0.3 is 0 Å². The van der Waals surface area contributed by atoms with Gasteiger partial charge in [0, 0.05) is 25.1 Å². The molecule has 0 aliphatic rings. The summed E-state index contributed by atoms with van der Waals surface area (Å²) in [5.41, 5.74) is 3.06. The van der Waals surface area contributed by atoms with Crippen molar-refractivity contribution in [3.05, 3.63) is 53.6 Å². The molecule has 6 nitrogen and oxygen atoms in total. The molecule has 0 aliphatic carbocycles. The van der Waals surface area contributed by atoms with Crippen molar-refractivity contribution >= 4 is 17.5 Å². The number of amides is 2. The molecule has 0 bridgehead atoms. The minimum Gasteiger partial charge on any atom is -0.493 e. The van der Waals surface area contributed by atoms with Gasteiger partial charge in [-0.1, -0.05) is 39.0 Å². The van der Waals surface area contributed by atoms with Gasteiger partial charge in [0.1, 0.15) is 0 Å². The van der Waals surface area contributed by atoms with Crippen molar-refractivity contribution in [1.29, 1.82) is 0 Å². The number of methoxy groups -OCH3 is 2. The van der Waals surface area contributed by atoms with Crippen molar-refractivity contribution in [3.8, 4) is 11.5 Å². The first-order valence-corrected chi connectivity index (χ1v) is 10.7. The smallest absolute Gasteiger partial charge is 0.224 e. The lowest BCUT2D eigenvalue weighted by molar-refractivity contribution is -0.122. The van der Waals surface area contributed by atoms with Crippen LogP contribution in [0.4, 0.5) is 5.69 Å². The van der Waals surface area contributed by atoms with Crippen molar-refractivity contribution in [1.82, 2.24) is 5.32 Å². The van der Waals surface area contributed by atoms with Crippen LogP contribution >= 0.6 is 0 Å². The van der Waals surface area contributed by atoms with Gasteiger partial charge in [0.15, 0.2) is 11.5 Å². The number of benzene rings is 2. The molecule has 0 spiro atoms. The fourth-order valence-corrected chi connectivity index (χ4v) is 3.32. The van der Waals surface area contributed by atoms with E-state index in [4.69, 9.17) is 9.47 Å². The molecule has 6 heteroatoms. The highest BCUT2D eigenvalue weighted by Crippen LogP contribution is 2.27. The Balaban J connectivity index is 1.72. The number of hydrogen-bond donors (Lipinski definition) is 2. The van der Waals surface area contributed by atoms with E-state index in [1.54, 1.807) is 14.2 Å². The highest BCUT2D eigenvalue weighted by atomic mass is 16.5. The minimum absolute atomic E-state index is 0.0454. The van der Waals surface area contributed by atoms with E-state index in [-0.39, 0.29) is 17.7 Å². The Kier molecular flexibility index (Phi) is 9.38. The van der Waals surface area contributed by atoms with Gasteiger partial charge < -0.3 is 20.1 Å². The summed E-state index contributed by atoms with van der Waals surface area (Å²) in [7, 11) is 3.20. The van der Waals surface area contributed by atoms with Crippen LogP contribution < -0.4 is 20.1 Å². The molecule has 2 N–H and O–H groups in total. The molecule has 0 fully saturated rings. The lowest BCUT2D eigenvalue weighted by atomic mass is 10.0. The molecule has 168 valence electrons. The van der Waals surface area contributed by atoms with E-state index in [1.165, 1.54) is 5.56 Å². The fourth-order valence-electron chi connectivity index (χ4n) is 3.32. The molecule has 2 amide bonds. The maximum absolute atomic E-state index is 12.3. The summed E-state index contributed by atoms with van der Waals surface area (Å²) in [6.45, 7) is 6.70. The molecule has 1 unspecified atom stereocenters. The molecule has 2 rings (SSSR count). The normalized spacial score (nSPS) is 11.7. The van der Waals surface area contributed by atoms with Gasteiger partial charge in [-0.05, 0) is 53.6 Å². The third-order valence-electron chi connectivity index (χ3n) is 5.11. The second-order valence-electron chi connectivity index (χ2n) is 8.13. The van der Waals surface area contributed by atoms with Crippen LogP contribution in [0.5, 0.6) is 11.5 Å². The second-order valence-corrected chi connectivity index (χ2v) is 8.13. The molecule has 0 aliphatic heterocycles. The first kappa shape index (κ1) is 24.3. The summed E-state index contributed by atoms with van der Waals surface area (Å²) >= 11 is 0. The van der Waals surface area contributed by atoms with Crippen molar-refractivity contribution in [3.63, 3.8) is 0 Å². The molecule has 0 radical (unpaired) electrons. The van der Waals surface area contributed by atoms with Crippen LogP contribution in [-0.4, -0.2) is 32.6 Å². The number of nitrogens with one attached hydrogen (secondary N) is 2. The number of carbonyl (C=O) groups is 2. The van der Waals surface area contributed by atoms with Crippen LogP contribution in [0.3, 0.4) is 0 Å². The molecule has 2 aromatic carbocycles. The lowest BCUT2D eigenvalue weighted by Crippen LogP contribution is -2.28. The highest BCUT2D eigenvalue weighted by Gasteiger charge is 2.14. The van der Waals surface area contributed by atoms with Crippen molar-refractivity contribution < 1.29 is 19.1 Å². The topological polar surface area (TPSA) is 76.7 Å². The predicted octanol–water partition coefficient (Wildman–Crippen LogP) is 4.54. The van der Waals surface area contributed by atoms with Crippen molar-refractivity contribution in [2.45, 2.75) is 46.0 Å². The second kappa shape index (κ2) is 12.0. The van der Waals surface area contributed by atoms with Crippen molar-refractivity contribution in [2.75, 3.05) is 26.1 Å². The largest absolute Gasteiger partial charge is 0.493 e. The maximum Gasteiger partial charge on any atom is 0.224 e. The Hall–Kier alpha value is -3.02. The Morgan fingerprint density at radius 1 is 0.871 bits per heavy atom.